The van der Waals surface area contributed by atoms with Crippen molar-refractivity contribution >= 4 is 37.9 Å². The molecule has 0 bridgehead atoms. The van der Waals surface area contributed by atoms with Crippen LogP contribution in [0.3, 0.4) is 0 Å². The zero-order chi connectivity index (χ0) is 16.9. The van der Waals surface area contributed by atoms with E-state index in [1.54, 1.807) is 16.8 Å². The van der Waals surface area contributed by atoms with Gasteiger partial charge in [0.2, 0.25) is 0 Å². The third-order valence-electron chi connectivity index (χ3n) is 3.79. The topological polar surface area (TPSA) is 30.7 Å². The van der Waals surface area contributed by atoms with Gasteiger partial charge in [-0.2, -0.15) is 13.2 Å². The van der Waals surface area contributed by atoms with Gasteiger partial charge in [0.1, 0.15) is 11.8 Å². The predicted octanol–water partition coefficient (Wildman–Crippen LogP) is 5.36. The number of nitrogens with zero attached hydrogens (tertiary/aromatic N) is 3. The van der Waals surface area contributed by atoms with E-state index < -0.39 is 11.7 Å². The second kappa shape index (κ2) is 5.31. The first kappa shape index (κ1) is 15.1. The van der Waals surface area contributed by atoms with E-state index >= 15 is 0 Å². The van der Waals surface area contributed by atoms with Crippen LogP contribution in [0.1, 0.15) is 5.56 Å². The monoisotopic (exact) mass is 391 g/mol. The molecular weight excluding hydrogens is 383 g/mol. The summed E-state index contributed by atoms with van der Waals surface area (Å²) in [6.07, 6.45) is -1.25. The fourth-order valence-electron chi connectivity index (χ4n) is 2.69. The SMILES string of the molecule is FC(F)(F)c1cccc(-n2cnc3cnc4ccc(Br)cc4c32)c1. The van der Waals surface area contributed by atoms with Crippen LogP contribution in [0.5, 0.6) is 0 Å². The molecule has 24 heavy (non-hydrogen) atoms. The van der Waals surface area contributed by atoms with Crippen LogP contribution in [0, 0.1) is 0 Å². The van der Waals surface area contributed by atoms with Crippen LogP contribution in [0.15, 0.2) is 59.5 Å². The van der Waals surface area contributed by atoms with Gasteiger partial charge >= 0.3 is 6.18 Å². The first-order valence-corrected chi connectivity index (χ1v) is 7.82. The van der Waals surface area contributed by atoms with Crippen LogP contribution >= 0.6 is 15.9 Å². The van der Waals surface area contributed by atoms with Crippen LogP contribution in [-0.2, 0) is 6.18 Å². The summed E-state index contributed by atoms with van der Waals surface area (Å²) in [5.74, 6) is 0. The van der Waals surface area contributed by atoms with Gasteiger partial charge in [-0.05, 0) is 36.4 Å². The van der Waals surface area contributed by atoms with Crippen molar-refractivity contribution in [2.75, 3.05) is 0 Å². The van der Waals surface area contributed by atoms with Crippen molar-refractivity contribution in [2.24, 2.45) is 0 Å². The molecule has 0 spiro atoms. The molecular formula is C17H9BrF3N3. The number of benzene rings is 2. The maximum atomic E-state index is 13.0. The van der Waals surface area contributed by atoms with E-state index in [1.165, 1.54) is 12.4 Å². The van der Waals surface area contributed by atoms with E-state index in [2.05, 4.69) is 25.9 Å². The second-order valence-electron chi connectivity index (χ2n) is 5.32. The third-order valence-corrected chi connectivity index (χ3v) is 4.28. The predicted molar refractivity (Wildman–Crippen MR) is 89.1 cm³/mol. The van der Waals surface area contributed by atoms with Gasteiger partial charge in [0, 0.05) is 15.5 Å². The summed E-state index contributed by atoms with van der Waals surface area (Å²) in [4.78, 5) is 8.61. The van der Waals surface area contributed by atoms with Gasteiger partial charge in [-0.25, -0.2) is 4.98 Å². The lowest BCUT2D eigenvalue weighted by Crippen LogP contribution is -2.05. The maximum Gasteiger partial charge on any atom is 0.416 e. The normalized spacial score (nSPS) is 12.2. The molecule has 3 nitrogen and oxygen atoms in total. The molecule has 2 aromatic carbocycles. The second-order valence-corrected chi connectivity index (χ2v) is 6.23. The Labute approximate surface area is 142 Å². The zero-order valence-corrected chi connectivity index (χ0v) is 13.6. The quantitative estimate of drug-likeness (QED) is 0.437. The van der Waals surface area contributed by atoms with Crippen molar-refractivity contribution in [3.63, 3.8) is 0 Å². The lowest BCUT2D eigenvalue weighted by molar-refractivity contribution is -0.137. The summed E-state index contributed by atoms with van der Waals surface area (Å²) in [7, 11) is 0. The Kier molecular flexibility index (Phi) is 3.35. The number of hydrogen-bond acceptors (Lipinski definition) is 2. The summed E-state index contributed by atoms with van der Waals surface area (Å²) >= 11 is 3.42. The number of aromatic nitrogens is 3. The lowest BCUT2D eigenvalue weighted by Gasteiger charge is -2.11. The van der Waals surface area contributed by atoms with Crippen molar-refractivity contribution in [1.29, 1.82) is 0 Å². The van der Waals surface area contributed by atoms with Crippen LogP contribution < -0.4 is 0 Å². The molecule has 120 valence electrons. The standard InChI is InChI=1S/C17H9BrF3N3/c18-11-4-5-14-13(7-11)16-15(8-22-14)23-9-24(16)12-3-1-2-10(6-12)17(19,20)21/h1-9H. The Morgan fingerprint density at radius 2 is 1.79 bits per heavy atom. The number of hydrogen-bond donors (Lipinski definition) is 0. The molecule has 0 saturated heterocycles. The summed E-state index contributed by atoms with van der Waals surface area (Å²) in [5, 5.41) is 0.816. The third kappa shape index (κ3) is 2.45. The smallest absolute Gasteiger partial charge is 0.298 e. The summed E-state index contributed by atoms with van der Waals surface area (Å²) in [6, 6.07) is 10.8. The lowest BCUT2D eigenvalue weighted by atomic mass is 10.1. The highest BCUT2D eigenvalue weighted by Gasteiger charge is 2.30. The number of alkyl halides is 3. The van der Waals surface area contributed by atoms with Crippen molar-refractivity contribution < 1.29 is 13.2 Å². The van der Waals surface area contributed by atoms with Crippen molar-refractivity contribution in [3.8, 4) is 5.69 Å². The summed E-state index contributed by atoms with van der Waals surface area (Å²) < 4.78 is 41.5. The molecule has 4 aromatic rings. The fraction of sp³-hybridized carbons (Fsp3) is 0.0588. The average Bonchev–Trinajstić information content (AvgIpc) is 2.98. The van der Waals surface area contributed by atoms with E-state index in [-0.39, 0.29) is 0 Å². The van der Waals surface area contributed by atoms with Crippen molar-refractivity contribution in [1.82, 2.24) is 14.5 Å². The minimum atomic E-state index is -4.39. The van der Waals surface area contributed by atoms with Crippen molar-refractivity contribution in [2.45, 2.75) is 6.18 Å². The molecule has 0 aliphatic carbocycles. The molecule has 2 aromatic heterocycles. The molecule has 0 fully saturated rings. The number of fused-ring (bicyclic) bond motifs is 3. The van der Waals surface area contributed by atoms with Crippen molar-refractivity contribution in [3.05, 3.63) is 65.0 Å². The van der Waals surface area contributed by atoms with Gasteiger partial charge < -0.3 is 0 Å². The van der Waals surface area contributed by atoms with E-state index in [0.717, 1.165) is 33.0 Å². The van der Waals surface area contributed by atoms with Gasteiger partial charge in [0.05, 0.1) is 22.8 Å². The highest BCUT2D eigenvalue weighted by atomic mass is 79.9. The minimum absolute atomic E-state index is 0.403. The first-order chi connectivity index (χ1) is 11.4. The Bertz CT molecular complexity index is 1070. The first-order valence-electron chi connectivity index (χ1n) is 7.02. The molecule has 4 rings (SSSR count). The van der Waals surface area contributed by atoms with Gasteiger partial charge in [-0.1, -0.05) is 22.0 Å². The summed E-state index contributed by atoms with van der Waals surface area (Å²) in [5.41, 5.74) is 1.80. The number of rotatable bonds is 1. The Balaban J connectivity index is 2.03. The van der Waals surface area contributed by atoms with E-state index in [1.807, 2.05) is 18.2 Å². The van der Waals surface area contributed by atoms with Crippen LogP contribution in [-0.4, -0.2) is 14.5 Å². The van der Waals surface area contributed by atoms with Crippen LogP contribution in [0.25, 0.3) is 27.6 Å². The molecule has 0 atom stereocenters. The van der Waals surface area contributed by atoms with Gasteiger partial charge in [-0.3, -0.25) is 9.55 Å². The summed E-state index contributed by atoms with van der Waals surface area (Å²) in [6.45, 7) is 0. The largest absolute Gasteiger partial charge is 0.416 e. The Morgan fingerprint density at radius 3 is 2.58 bits per heavy atom. The number of halogens is 4. The Morgan fingerprint density at radius 1 is 0.958 bits per heavy atom. The molecule has 0 radical (unpaired) electrons. The zero-order valence-electron chi connectivity index (χ0n) is 12.0. The fourth-order valence-corrected chi connectivity index (χ4v) is 3.05. The van der Waals surface area contributed by atoms with Gasteiger partial charge in [0.25, 0.3) is 0 Å². The van der Waals surface area contributed by atoms with Gasteiger partial charge in [0.15, 0.2) is 0 Å². The molecule has 0 aliphatic heterocycles. The number of imidazole rings is 1. The van der Waals surface area contributed by atoms with E-state index in [0.29, 0.717) is 11.2 Å². The highest BCUT2D eigenvalue weighted by Crippen LogP contribution is 2.32. The molecule has 0 N–H and O–H groups in total. The highest BCUT2D eigenvalue weighted by molar-refractivity contribution is 9.10. The Hall–Kier alpha value is -2.41. The van der Waals surface area contributed by atoms with E-state index in [9.17, 15) is 13.2 Å². The molecule has 2 heterocycles. The average molecular weight is 392 g/mol. The van der Waals surface area contributed by atoms with Gasteiger partial charge in [-0.15, -0.1) is 0 Å². The molecule has 0 unspecified atom stereocenters. The maximum absolute atomic E-state index is 13.0. The molecule has 0 amide bonds. The van der Waals surface area contributed by atoms with Crippen LogP contribution in [0.2, 0.25) is 0 Å². The van der Waals surface area contributed by atoms with Crippen LogP contribution in [0.4, 0.5) is 13.2 Å². The molecule has 7 heteroatoms. The number of pyridine rings is 1. The molecule has 0 aliphatic rings. The minimum Gasteiger partial charge on any atom is -0.298 e. The van der Waals surface area contributed by atoms with E-state index in [4.69, 9.17) is 0 Å². The molecule has 0 saturated carbocycles.